The molecule has 0 saturated heterocycles. The van der Waals surface area contributed by atoms with E-state index in [1.807, 2.05) is 44.2 Å². The van der Waals surface area contributed by atoms with Gasteiger partial charge in [0.05, 0.1) is 5.69 Å². The molecule has 4 aromatic rings. The predicted octanol–water partition coefficient (Wildman–Crippen LogP) is 4.85. The quantitative estimate of drug-likeness (QED) is 0.523. The highest BCUT2D eigenvalue weighted by Gasteiger charge is 2.16. The number of nitrogens with one attached hydrogen (secondary N) is 2. The maximum atomic E-state index is 13.3. The smallest absolute Gasteiger partial charge is 0.221 e. The Hall–Kier alpha value is -3.74. The Morgan fingerprint density at radius 3 is 2.31 bits per heavy atom. The number of aromatic nitrogens is 3. The number of carbonyl (C=O) groups excluding carboxylic acids is 1. The summed E-state index contributed by atoms with van der Waals surface area (Å²) in [7, 11) is 0. The van der Waals surface area contributed by atoms with E-state index >= 15 is 0 Å². The summed E-state index contributed by atoms with van der Waals surface area (Å²) in [6.07, 6.45) is 0. The zero-order valence-corrected chi connectivity index (χ0v) is 16.3. The fraction of sp³-hybridized carbons (Fsp3) is 0.136. The van der Waals surface area contributed by atoms with Crippen LogP contribution in [0, 0.1) is 19.7 Å². The van der Waals surface area contributed by atoms with Crippen molar-refractivity contribution < 1.29 is 9.18 Å². The third-order valence-electron chi connectivity index (χ3n) is 4.50. The second-order valence-electron chi connectivity index (χ2n) is 6.87. The van der Waals surface area contributed by atoms with Crippen molar-refractivity contribution in [1.82, 2.24) is 14.6 Å². The first kappa shape index (κ1) is 18.6. The summed E-state index contributed by atoms with van der Waals surface area (Å²) in [5, 5.41) is 10.8. The zero-order chi connectivity index (χ0) is 20.5. The lowest BCUT2D eigenvalue weighted by Gasteiger charge is -2.11. The van der Waals surface area contributed by atoms with Crippen molar-refractivity contribution in [2.75, 3.05) is 10.6 Å². The SMILES string of the molecule is CC(=O)Nc1ccc(Nc2cc(C)nc3c(-c4ccc(F)cc4)c(C)nn23)cc1. The molecule has 4 rings (SSSR count). The van der Waals surface area contributed by atoms with E-state index < -0.39 is 0 Å². The number of aryl methyl sites for hydroxylation is 2. The molecule has 2 heterocycles. The van der Waals surface area contributed by atoms with E-state index in [1.165, 1.54) is 19.1 Å². The maximum absolute atomic E-state index is 13.3. The predicted molar refractivity (Wildman–Crippen MR) is 112 cm³/mol. The molecule has 146 valence electrons. The molecule has 0 fully saturated rings. The first-order chi connectivity index (χ1) is 13.9. The van der Waals surface area contributed by atoms with Crippen LogP contribution < -0.4 is 10.6 Å². The second kappa shape index (κ2) is 7.35. The first-order valence-electron chi connectivity index (χ1n) is 9.18. The van der Waals surface area contributed by atoms with Gasteiger partial charge < -0.3 is 10.6 Å². The van der Waals surface area contributed by atoms with Crippen LogP contribution in [0.1, 0.15) is 18.3 Å². The van der Waals surface area contributed by atoms with Gasteiger partial charge in [0.25, 0.3) is 0 Å². The highest BCUT2D eigenvalue weighted by atomic mass is 19.1. The van der Waals surface area contributed by atoms with Gasteiger partial charge >= 0.3 is 0 Å². The van der Waals surface area contributed by atoms with E-state index in [4.69, 9.17) is 0 Å². The van der Waals surface area contributed by atoms with E-state index in [9.17, 15) is 9.18 Å². The van der Waals surface area contributed by atoms with Crippen LogP contribution in [0.15, 0.2) is 54.6 Å². The normalized spacial score (nSPS) is 10.9. The number of nitrogens with zero attached hydrogens (tertiary/aromatic N) is 3. The Morgan fingerprint density at radius 2 is 1.66 bits per heavy atom. The number of benzene rings is 2. The van der Waals surface area contributed by atoms with Crippen LogP contribution in [0.25, 0.3) is 16.8 Å². The molecule has 7 heteroatoms. The van der Waals surface area contributed by atoms with Crippen LogP contribution >= 0.6 is 0 Å². The van der Waals surface area contributed by atoms with Gasteiger partial charge in [0.2, 0.25) is 5.91 Å². The summed E-state index contributed by atoms with van der Waals surface area (Å²) in [5.41, 5.74) is 5.65. The summed E-state index contributed by atoms with van der Waals surface area (Å²) in [6.45, 7) is 5.30. The van der Waals surface area contributed by atoms with Crippen molar-refractivity contribution >= 4 is 28.7 Å². The molecule has 0 spiro atoms. The van der Waals surface area contributed by atoms with Crippen LogP contribution in [-0.2, 0) is 4.79 Å². The van der Waals surface area contributed by atoms with Gasteiger partial charge in [-0.25, -0.2) is 9.37 Å². The Kier molecular flexibility index (Phi) is 4.72. The van der Waals surface area contributed by atoms with E-state index in [0.29, 0.717) is 5.65 Å². The largest absolute Gasteiger partial charge is 0.340 e. The molecular formula is C22H20FN5O. The average molecular weight is 389 g/mol. The van der Waals surface area contributed by atoms with Gasteiger partial charge in [0, 0.05) is 35.6 Å². The molecule has 0 aliphatic carbocycles. The lowest BCUT2D eigenvalue weighted by atomic mass is 10.1. The fourth-order valence-electron chi connectivity index (χ4n) is 3.28. The number of amides is 1. The summed E-state index contributed by atoms with van der Waals surface area (Å²) in [6, 6.07) is 15.7. The lowest BCUT2D eigenvalue weighted by Crippen LogP contribution is -2.06. The molecule has 0 saturated carbocycles. The van der Waals surface area contributed by atoms with Gasteiger partial charge in [-0.15, -0.1) is 0 Å². The Bertz CT molecular complexity index is 1200. The van der Waals surface area contributed by atoms with Gasteiger partial charge in [0.15, 0.2) is 5.65 Å². The second-order valence-corrected chi connectivity index (χ2v) is 6.87. The van der Waals surface area contributed by atoms with Crippen LogP contribution in [0.4, 0.5) is 21.6 Å². The number of fused-ring (bicyclic) bond motifs is 1. The van der Waals surface area contributed by atoms with Gasteiger partial charge in [-0.1, -0.05) is 12.1 Å². The van der Waals surface area contributed by atoms with Crippen molar-refractivity contribution in [1.29, 1.82) is 0 Å². The molecule has 2 aromatic carbocycles. The van der Waals surface area contributed by atoms with Crippen molar-refractivity contribution in [3.8, 4) is 11.1 Å². The molecule has 0 aliphatic rings. The molecule has 2 aromatic heterocycles. The molecular weight excluding hydrogens is 369 g/mol. The summed E-state index contributed by atoms with van der Waals surface area (Å²) in [5.74, 6) is 0.367. The number of hydrogen-bond donors (Lipinski definition) is 2. The average Bonchev–Trinajstić information content (AvgIpc) is 3.00. The van der Waals surface area contributed by atoms with Crippen molar-refractivity contribution in [2.45, 2.75) is 20.8 Å². The van der Waals surface area contributed by atoms with E-state index in [1.54, 1.807) is 16.6 Å². The van der Waals surface area contributed by atoms with Gasteiger partial charge in [-0.3, -0.25) is 4.79 Å². The van der Waals surface area contributed by atoms with Crippen molar-refractivity contribution in [3.63, 3.8) is 0 Å². The molecule has 29 heavy (non-hydrogen) atoms. The number of rotatable bonds is 4. The molecule has 0 atom stereocenters. The first-order valence-corrected chi connectivity index (χ1v) is 9.18. The zero-order valence-electron chi connectivity index (χ0n) is 16.3. The van der Waals surface area contributed by atoms with Crippen LogP contribution in [-0.4, -0.2) is 20.5 Å². The monoisotopic (exact) mass is 389 g/mol. The van der Waals surface area contributed by atoms with Crippen LogP contribution in [0.5, 0.6) is 0 Å². The third-order valence-corrected chi connectivity index (χ3v) is 4.50. The topological polar surface area (TPSA) is 71.3 Å². The van der Waals surface area contributed by atoms with Crippen molar-refractivity contribution in [3.05, 3.63) is 71.8 Å². The van der Waals surface area contributed by atoms with Crippen LogP contribution in [0.2, 0.25) is 0 Å². The summed E-state index contributed by atoms with van der Waals surface area (Å²) < 4.78 is 15.1. The highest BCUT2D eigenvalue weighted by molar-refractivity contribution is 5.89. The number of anilines is 3. The maximum Gasteiger partial charge on any atom is 0.221 e. The van der Waals surface area contributed by atoms with E-state index in [-0.39, 0.29) is 11.7 Å². The minimum absolute atomic E-state index is 0.113. The molecule has 2 N–H and O–H groups in total. The van der Waals surface area contributed by atoms with Gasteiger partial charge in [-0.2, -0.15) is 9.61 Å². The number of halogens is 1. The molecule has 6 nitrogen and oxygen atoms in total. The van der Waals surface area contributed by atoms with Crippen LogP contribution in [0.3, 0.4) is 0 Å². The lowest BCUT2D eigenvalue weighted by molar-refractivity contribution is -0.114. The minimum Gasteiger partial charge on any atom is -0.340 e. The molecule has 0 unspecified atom stereocenters. The molecule has 0 radical (unpaired) electrons. The van der Waals surface area contributed by atoms with Gasteiger partial charge in [0.1, 0.15) is 11.6 Å². The number of carbonyl (C=O) groups is 1. The summed E-state index contributed by atoms with van der Waals surface area (Å²) in [4.78, 5) is 15.8. The molecule has 0 bridgehead atoms. The Morgan fingerprint density at radius 1 is 1.00 bits per heavy atom. The van der Waals surface area contributed by atoms with E-state index in [2.05, 4.69) is 20.7 Å². The Balaban J connectivity index is 1.75. The molecule has 1 amide bonds. The Labute approximate surface area is 167 Å². The minimum atomic E-state index is -0.280. The highest BCUT2D eigenvalue weighted by Crippen LogP contribution is 2.30. The van der Waals surface area contributed by atoms with E-state index in [0.717, 1.165) is 39.7 Å². The summed E-state index contributed by atoms with van der Waals surface area (Å²) >= 11 is 0. The van der Waals surface area contributed by atoms with Gasteiger partial charge in [-0.05, 0) is 55.8 Å². The van der Waals surface area contributed by atoms with Crippen molar-refractivity contribution in [2.24, 2.45) is 0 Å². The number of hydrogen-bond acceptors (Lipinski definition) is 4. The fourth-order valence-corrected chi connectivity index (χ4v) is 3.28. The standard InChI is InChI=1S/C22H20FN5O/c1-13-12-20(26-19-10-8-18(9-11-19)25-15(3)29)28-22(24-13)21(14(2)27-28)16-4-6-17(23)7-5-16/h4-12,26H,1-3H3,(H,25,29). The third kappa shape index (κ3) is 3.80. The molecule has 0 aliphatic heterocycles.